The van der Waals surface area contributed by atoms with Gasteiger partial charge in [-0.25, -0.2) is 8.42 Å². The van der Waals surface area contributed by atoms with Crippen molar-refractivity contribution in [3.8, 4) is 0 Å². The summed E-state index contributed by atoms with van der Waals surface area (Å²) < 4.78 is 30.5. The van der Waals surface area contributed by atoms with Gasteiger partial charge in [0.2, 0.25) is 14.9 Å². The van der Waals surface area contributed by atoms with Crippen LogP contribution in [0.25, 0.3) is 17.0 Å². The van der Waals surface area contributed by atoms with Crippen LogP contribution in [0.3, 0.4) is 0 Å². The highest BCUT2D eigenvalue weighted by Gasteiger charge is 2.22. The van der Waals surface area contributed by atoms with Crippen molar-refractivity contribution in [1.29, 1.82) is 0 Å². The van der Waals surface area contributed by atoms with Crippen LogP contribution in [-0.4, -0.2) is 8.42 Å². The van der Waals surface area contributed by atoms with Gasteiger partial charge in [0.25, 0.3) is 0 Å². The second kappa shape index (κ2) is 4.65. The normalized spacial score (nSPS) is 11.6. The van der Waals surface area contributed by atoms with Crippen molar-refractivity contribution in [3.63, 3.8) is 0 Å². The van der Waals surface area contributed by atoms with Crippen LogP contribution >= 0.6 is 0 Å². The molecule has 0 saturated carbocycles. The van der Waals surface area contributed by atoms with E-state index in [9.17, 15) is 8.42 Å². The van der Waals surface area contributed by atoms with E-state index >= 15 is 0 Å². The van der Waals surface area contributed by atoms with Gasteiger partial charge in [-0.3, -0.25) is 0 Å². The molecule has 20 heavy (non-hydrogen) atoms. The fraction of sp³-hybridized carbons (Fsp3) is 0. The third kappa shape index (κ3) is 2.04. The van der Waals surface area contributed by atoms with E-state index in [4.69, 9.17) is 4.42 Å². The minimum absolute atomic E-state index is 0.0417. The molecule has 0 saturated heterocycles. The predicted molar refractivity (Wildman–Crippen MR) is 78.2 cm³/mol. The molecule has 0 aliphatic carbocycles. The van der Waals surface area contributed by atoms with Gasteiger partial charge in [-0.2, -0.15) is 0 Å². The van der Waals surface area contributed by atoms with E-state index in [0.717, 1.165) is 10.9 Å². The average Bonchev–Trinajstić information content (AvgIpc) is 2.92. The Morgan fingerprint density at radius 2 is 1.80 bits per heavy atom. The van der Waals surface area contributed by atoms with E-state index in [1.165, 1.54) is 0 Å². The zero-order valence-electron chi connectivity index (χ0n) is 10.6. The molecule has 0 unspecified atom stereocenters. The highest BCUT2D eigenvalue weighted by atomic mass is 32.2. The summed E-state index contributed by atoms with van der Waals surface area (Å²) in [5.74, 6) is 0. The van der Waals surface area contributed by atoms with Gasteiger partial charge in [-0.1, -0.05) is 43.0 Å². The van der Waals surface area contributed by atoms with E-state index < -0.39 is 9.84 Å². The molecular weight excluding hydrogens is 272 g/mol. The van der Waals surface area contributed by atoms with Gasteiger partial charge < -0.3 is 4.42 Å². The summed E-state index contributed by atoms with van der Waals surface area (Å²) in [4.78, 5) is 0.203. The Kier molecular flexibility index (Phi) is 2.95. The Morgan fingerprint density at radius 3 is 2.55 bits per heavy atom. The maximum atomic E-state index is 12.5. The van der Waals surface area contributed by atoms with Crippen molar-refractivity contribution in [2.24, 2.45) is 0 Å². The highest BCUT2D eigenvalue weighted by molar-refractivity contribution is 7.91. The number of fused-ring (bicyclic) bond motifs is 1. The lowest BCUT2D eigenvalue weighted by Gasteiger charge is -2.02. The van der Waals surface area contributed by atoms with E-state index in [1.807, 2.05) is 12.1 Å². The summed E-state index contributed by atoms with van der Waals surface area (Å²) in [6.45, 7) is 3.64. The van der Waals surface area contributed by atoms with Crippen LogP contribution in [0.2, 0.25) is 0 Å². The molecule has 100 valence electrons. The summed E-state index contributed by atoms with van der Waals surface area (Å²) in [6, 6.07) is 15.4. The first-order valence-corrected chi connectivity index (χ1v) is 7.56. The van der Waals surface area contributed by atoms with Gasteiger partial charge in [0.05, 0.1) is 4.90 Å². The number of furan rings is 1. The topological polar surface area (TPSA) is 47.3 Å². The summed E-state index contributed by atoms with van der Waals surface area (Å²) >= 11 is 0. The van der Waals surface area contributed by atoms with Crippen LogP contribution in [0.15, 0.2) is 75.6 Å². The number of sulfone groups is 1. The van der Waals surface area contributed by atoms with Crippen LogP contribution in [0.1, 0.15) is 5.56 Å². The van der Waals surface area contributed by atoms with Crippen LogP contribution in [0.5, 0.6) is 0 Å². The Labute approximate surface area is 117 Å². The van der Waals surface area contributed by atoms with E-state index in [0.29, 0.717) is 5.58 Å². The molecule has 0 bridgehead atoms. The molecule has 0 N–H and O–H groups in total. The van der Waals surface area contributed by atoms with Crippen molar-refractivity contribution in [1.82, 2.24) is 0 Å². The van der Waals surface area contributed by atoms with Crippen LogP contribution < -0.4 is 0 Å². The van der Waals surface area contributed by atoms with Crippen LogP contribution in [0, 0.1) is 0 Å². The number of hydrogen-bond donors (Lipinski definition) is 0. The maximum Gasteiger partial charge on any atom is 0.239 e. The lowest BCUT2D eigenvalue weighted by molar-refractivity contribution is 0.482. The maximum absolute atomic E-state index is 12.5. The van der Waals surface area contributed by atoms with Crippen molar-refractivity contribution in [3.05, 3.63) is 66.7 Å². The summed E-state index contributed by atoms with van der Waals surface area (Å²) in [6.07, 6.45) is 1.61. The van der Waals surface area contributed by atoms with Gasteiger partial charge in [-0.15, -0.1) is 0 Å². The molecule has 3 rings (SSSR count). The summed E-state index contributed by atoms with van der Waals surface area (Å²) in [7, 11) is -3.65. The third-order valence-corrected chi connectivity index (χ3v) is 4.68. The van der Waals surface area contributed by atoms with Crippen molar-refractivity contribution >= 4 is 26.9 Å². The molecule has 1 aromatic heterocycles. The summed E-state index contributed by atoms with van der Waals surface area (Å²) in [5, 5.41) is 0.728. The minimum Gasteiger partial charge on any atom is -0.444 e. The monoisotopic (exact) mass is 284 g/mol. The molecule has 4 heteroatoms. The van der Waals surface area contributed by atoms with Gasteiger partial charge in [0.15, 0.2) is 0 Å². The number of rotatable bonds is 3. The molecule has 0 atom stereocenters. The number of hydrogen-bond acceptors (Lipinski definition) is 3. The van der Waals surface area contributed by atoms with Gasteiger partial charge in [0, 0.05) is 11.5 Å². The van der Waals surface area contributed by atoms with Gasteiger partial charge >= 0.3 is 0 Å². The summed E-state index contributed by atoms with van der Waals surface area (Å²) in [5.41, 5.74) is 1.31. The fourth-order valence-electron chi connectivity index (χ4n) is 2.01. The van der Waals surface area contributed by atoms with E-state index in [-0.39, 0.29) is 9.99 Å². The zero-order chi connectivity index (χ0) is 14.2. The van der Waals surface area contributed by atoms with Crippen molar-refractivity contribution in [2.75, 3.05) is 0 Å². The molecule has 3 aromatic rings. The second-order valence-corrected chi connectivity index (χ2v) is 6.26. The first kappa shape index (κ1) is 12.7. The van der Waals surface area contributed by atoms with Gasteiger partial charge in [0.1, 0.15) is 5.58 Å². The molecule has 0 aliphatic heterocycles. The largest absolute Gasteiger partial charge is 0.444 e. The molecule has 0 aliphatic rings. The number of para-hydroxylation sites is 1. The predicted octanol–water partition coefficient (Wildman–Crippen LogP) is 3.91. The first-order valence-electron chi connectivity index (χ1n) is 6.07. The zero-order valence-corrected chi connectivity index (χ0v) is 11.4. The van der Waals surface area contributed by atoms with Crippen LogP contribution in [0.4, 0.5) is 0 Å². The first-order chi connectivity index (χ1) is 9.61. The molecule has 0 spiro atoms. The third-order valence-electron chi connectivity index (χ3n) is 3.07. The lowest BCUT2D eigenvalue weighted by atomic mass is 10.2. The standard InChI is InChI=1S/C16H12O3S/c1-2-12-6-5-8-14(10-12)20(17,18)16-11-13-7-3-4-9-15(13)19-16/h2-11H,1H2. The molecule has 0 amide bonds. The van der Waals surface area contributed by atoms with Crippen molar-refractivity contribution in [2.45, 2.75) is 9.99 Å². The Bertz CT molecular complexity index is 856. The smallest absolute Gasteiger partial charge is 0.239 e. The van der Waals surface area contributed by atoms with Crippen molar-refractivity contribution < 1.29 is 12.8 Å². The highest BCUT2D eigenvalue weighted by Crippen LogP contribution is 2.27. The fourth-order valence-corrected chi connectivity index (χ4v) is 3.28. The molecule has 0 fully saturated rings. The second-order valence-electron chi connectivity index (χ2n) is 4.38. The Hall–Kier alpha value is -2.33. The molecule has 0 radical (unpaired) electrons. The van der Waals surface area contributed by atoms with Gasteiger partial charge in [-0.05, 0) is 23.8 Å². The molecule has 3 nitrogen and oxygen atoms in total. The molecule has 2 aromatic carbocycles. The Morgan fingerprint density at radius 1 is 1.00 bits per heavy atom. The Balaban J connectivity index is 2.17. The molecule has 1 heterocycles. The quantitative estimate of drug-likeness (QED) is 0.732. The average molecular weight is 284 g/mol. The van der Waals surface area contributed by atoms with E-state index in [2.05, 4.69) is 6.58 Å². The van der Waals surface area contributed by atoms with Crippen LogP contribution in [-0.2, 0) is 9.84 Å². The van der Waals surface area contributed by atoms with E-state index in [1.54, 1.807) is 48.5 Å². The minimum atomic E-state index is -3.65. The SMILES string of the molecule is C=Cc1cccc(S(=O)(=O)c2cc3ccccc3o2)c1. The lowest BCUT2D eigenvalue weighted by Crippen LogP contribution is -2.00. The number of benzene rings is 2. The molecular formula is C16H12O3S.